The van der Waals surface area contributed by atoms with Crippen LogP contribution in [0.25, 0.3) is 0 Å². The minimum absolute atomic E-state index is 0.133. The summed E-state index contributed by atoms with van der Waals surface area (Å²) >= 11 is 0. The summed E-state index contributed by atoms with van der Waals surface area (Å²) in [6, 6.07) is 17.2. The van der Waals surface area contributed by atoms with Gasteiger partial charge in [-0.1, -0.05) is 66.7 Å². The maximum Gasteiger partial charge on any atom is 0.275 e. The lowest BCUT2D eigenvalue weighted by Crippen LogP contribution is -2.23. The standard InChI is InChI=1S/C16H17O4PS/c1-2-13-20-22(18,19)14-21(17,15-9-5-3-6-10-15)16-11-7-4-8-12-16/h2-12H,1,13-14H2. The first-order valence-electron chi connectivity index (χ1n) is 6.66. The molecule has 0 unspecified atom stereocenters. The van der Waals surface area contributed by atoms with E-state index in [1.807, 2.05) is 0 Å². The summed E-state index contributed by atoms with van der Waals surface area (Å²) in [4.78, 5) is 0. The van der Waals surface area contributed by atoms with Gasteiger partial charge in [0.25, 0.3) is 10.1 Å². The minimum Gasteiger partial charge on any atom is -0.312 e. The molecule has 0 amide bonds. The number of hydrogen-bond acceptors (Lipinski definition) is 4. The van der Waals surface area contributed by atoms with Gasteiger partial charge >= 0.3 is 0 Å². The monoisotopic (exact) mass is 336 g/mol. The van der Waals surface area contributed by atoms with Crippen LogP contribution in [-0.2, 0) is 18.9 Å². The number of hydrogen-bond donors (Lipinski definition) is 0. The first-order chi connectivity index (χ1) is 10.5. The van der Waals surface area contributed by atoms with Gasteiger partial charge in [-0.15, -0.1) is 6.58 Å². The first-order valence-corrected chi connectivity index (χ1v) is 10.1. The Morgan fingerprint density at radius 1 is 0.955 bits per heavy atom. The van der Waals surface area contributed by atoms with E-state index in [2.05, 4.69) is 6.58 Å². The summed E-state index contributed by atoms with van der Waals surface area (Å²) in [6.45, 7) is 3.29. The van der Waals surface area contributed by atoms with Crippen molar-refractivity contribution in [1.29, 1.82) is 0 Å². The Balaban J connectivity index is 2.48. The van der Waals surface area contributed by atoms with E-state index in [1.54, 1.807) is 60.7 Å². The molecule has 0 heterocycles. The highest BCUT2D eigenvalue weighted by atomic mass is 32.2. The molecule has 2 aromatic carbocycles. The summed E-state index contributed by atoms with van der Waals surface area (Å²) in [7, 11) is -7.27. The molecule has 4 nitrogen and oxygen atoms in total. The molecule has 0 aliphatic rings. The molecule has 116 valence electrons. The maximum absolute atomic E-state index is 13.5. The van der Waals surface area contributed by atoms with Gasteiger partial charge in [0.15, 0.2) is 7.14 Å². The quantitative estimate of drug-likeness (QED) is 0.443. The highest BCUT2D eigenvalue weighted by Gasteiger charge is 2.33. The fourth-order valence-corrected chi connectivity index (χ4v) is 7.23. The van der Waals surface area contributed by atoms with E-state index < -0.39 is 22.8 Å². The zero-order valence-electron chi connectivity index (χ0n) is 12.0. The van der Waals surface area contributed by atoms with Gasteiger partial charge in [-0.2, -0.15) is 8.42 Å². The number of benzene rings is 2. The smallest absolute Gasteiger partial charge is 0.275 e. The molecule has 22 heavy (non-hydrogen) atoms. The Morgan fingerprint density at radius 2 is 1.41 bits per heavy atom. The van der Waals surface area contributed by atoms with E-state index in [4.69, 9.17) is 4.18 Å². The van der Waals surface area contributed by atoms with Crippen molar-refractivity contribution in [2.45, 2.75) is 0 Å². The fourth-order valence-electron chi connectivity index (χ4n) is 2.05. The molecule has 0 aliphatic heterocycles. The normalized spacial score (nSPS) is 12.0. The molecule has 0 bridgehead atoms. The van der Waals surface area contributed by atoms with Crippen molar-refractivity contribution in [2.75, 3.05) is 12.1 Å². The maximum atomic E-state index is 13.5. The van der Waals surface area contributed by atoms with Crippen molar-refractivity contribution in [3.8, 4) is 0 Å². The van der Waals surface area contributed by atoms with Crippen LogP contribution in [0.5, 0.6) is 0 Å². The summed E-state index contributed by atoms with van der Waals surface area (Å²) < 4.78 is 42.5. The van der Waals surface area contributed by atoms with Gasteiger partial charge in [0.2, 0.25) is 0 Å². The highest BCUT2D eigenvalue weighted by Crippen LogP contribution is 2.44. The Kier molecular flexibility index (Phi) is 5.35. The Hall–Kier alpha value is -1.68. The van der Waals surface area contributed by atoms with Crippen LogP contribution in [0, 0.1) is 0 Å². The van der Waals surface area contributed by atoms with E-state index in [0.717, 1.165) is 0 Å². The van der Waals surface area contributed by atoms with Crippen LogP contribution >= 0.6 is 7.14 Å². The van der Waals surface area contributed by atoms with Crippen molar-refractivity contribution in [3.63, 3.8) is 0 Å². The zero-order valence-corrected chi connectivity index (χ0v) is 13.7. The van der Waals surface area contributed by atoms with Crippen LogP contribution in [0.2, 0.25) is 0 Å². The summed E-state index contributed by atoms with van der Waals surface area (Å²) in [5, 5.41) is 0.985. The number of rotatable bonds is 7. The summed E-state index contributed by atoms with van der Waals surface area (Å²) in [5.74, 6) is 0. The molecule has 0 aromatic heterocycles. The van der Waals surface area contributed by atoms with Crippen LogP contribution < -0.4 is 10.6 Å². The molecule has 0 saturated carbocycles. The first kappa shape index (κ1) is 16.7. The second-order valence-electron chi connectivity index (χ2n) is 4.67. The van der Waals surface area contributed by atoms with Gasteiger partial charge in [-0.25, -0.2) is 0 Å². The van der Waals surface area contributed by atoms with Crippen LogP contribution in [0.1, 0.15) is 0 Å². The van der Waals surface area contributed by atoms with Crippen LogP contribution in [0.3, 0.4) is 0 Å². The molecule has 2 aromatic rings. The van der Waals surface area contributed by atoms with E-state index in [1.165, 1.54) is 6.08 Å². The molecule has 0 aliphatic carbocycles. The lowest BCUT2D eigenvalue weighted by atomic mass is 10.4. The summed E-state index contributed by atoms with van der Waals surface area (Å²) in [6.07, 6.45) is 1.34. The van der Waals surface area contributed by atoms with Crippen molar-refractivity contribution < 1.29 is 17.2 Å². The Labute approximate surface area is 130 Å². The zero-order chi connectivity index (χ0) is 16.1. The van der Waals surface area contributed by atoms with Crippen LogP contribution in [-0.4, -0.2) is 20.5 Å². The van der Waals surface area contributed by atoms with Crippen molar-refractivity contribution in [2.24, 2.45) is 0 Å². The third-order valence-corrected chi connectivity index (χ3v) is 8.53. The van der Waals surface area contributed by atoms with E-state index in [9.17, 15) is 13.0 Å². The molecular formula is C16H17O4PS. The highest BCUT2D eigenvalue weighted by molar-refractivity contribution is 7.99. The van der Waals surface area contributed by atoms with Crippen molar-refractivity contribution >= 4 is 27.9 Å². The van der Waals surface area contributed by atoms with Crippen molar-refractivity contribution in [1.82, 2.24) is 0 Å². The lowest BCUT2D eigenvalue weighted by Gasteiger charge is -2.19. The third kappa shape index (κ3) is 3.95. The predicted molar refractivity (Wildman–Crippen MR) is 89.7 cm³/mol. The molecule has 0 radical (unpaired) electrons. The minimum atomic E-state index is -3.93. The molecule has 0 N–H and O–H groups in total. The predicted octanol–water partition coefficient (Wildman–Crippen LogP) is 2.49. The van der Waals surface area contributed by atoms with Crippen LogP contribution in [0.15, 0.2) is 73.3 Å². The molecule has 0 saturated heterocycles. The molecule has 6 heteroatoms. The van der Waals surface area contributed by atoms with E-state index in [-0.39, 0.29) is 6.61 Å². The third-order valence-electron chi connectivity index (χ3n) is 3.05. The molecule has 0 fully saturated rings. The van der Waals surface area contributed by atoms with Crippen molar-refractivity contribution in [3.05, 3.63) is 73.3 Å². The second kappa shape index (κ2) is 7.05. The second-order valence-corrected chi connectivity index (χ2v) is 9.57. The average molecular weight is 336 g/mol. The largest absolute Gasteiger partial charge is 0.312 e. The van der Waals surface area contributed by atoms with Gasteiger partial charge < -0.3 is 4.57 Å². The SMILES string of the molecule is C=CCOS(=O)(=O)CP(=O)(c1ccccc1)c1ccccc1. The average Bonchev–Trinajstić information content (AvgIpc) is 2.54. The summed E-state index contributed by atoms with van der Waals surface area (Å²) in [5.41, 5.74) is -0.568. The Morgan fingerprint density at radius 3 is 1.82 bits per heavy atom. The Bertz CT molecular complexity index is 727. The van der Waals surface area contributed by atoms with Crippen LogP contribution in [0.4, 0.5) is 0 Å². The molecular weight excluding hydrogens is 319 g/mol. The van der Waals surface area contributed by atoms with E-state index >= 15 is 0 Å². The molecule has 0 atom stereocenters. The lowest BCUT2D eigenvalue weighted by molar-refractivity contribution is 0.360. The van der Waals surface area contributed by atoms with Gasteiger partial charge in [0, 0.05) is 10.6 Å². The van der Waals surface area contributed by atoms with Gasteiger partial charge in [-0.05, 0) is 0 Å². The molecule has 0 spiro atoms. The van der Waals surface area contributed by atoms with Gasteiger partial charge in [0.1, 0.15) is 5.49 Å². The van der Waals surface area contributed by atoms with Gasteiger partial charge in [0.05, 0.1) is 6.61 Å². The van der Waals surface area contributed by atoms with E-state index in [0.29, 0.717) is 10.6 Å². The fraction of sp³-hybridized carbons (Fsp3) is 0.125. The topological polar surface area (TPSA) is 60.4 Å². The van der Waals surface area contributed by atoms with Gasteiger partial charge in [-0.3, -0.25) is 4.18 Å². The molecule has 2 rings (SSSR count).